The first kappa shape index (κ1) is 14.4. The lowest BCUT2D eigenvalue weighted by Gasteiger charge is -2.32. The molecule has 0 aromatic carbocycles. The Bertz CT molecular complexity index is 226. The van der Waals surface area contributed by atoms with E-state index in [-0.39, 0.29) is 24.7 Å². The predicted octanol–water partition coefficient (Wildman–Crippen LogP) is 0.114. The van der Waals surface area contributed by atoms with Crippen molar-refractivity contribution in [2.45, 2.75) is 44.8 Å². The van der Waals surface area contributed by atoms with Crippen molar-refractivity contribution in [2.75, 3.05) is 26.3 Å². The molecule has 1 rings (SSSR count). The van der Waals surface area contributed by atoms with Gasteiger partial charge in [0.2, 0.25) is 5.91 Å². The van der Waals surface area contributed by atoms with Gasteiger partial charge in [-0.15, -0.1) is 0 Å². The monoisotopic (exact) mass is 244 g/mol. The van der Waals surface area contributed by atoms with Crippen molar-refractivity contribution in [3.8, 4) is 0 Å². The number of rotatable bonds is 6. The Balaban J connectivity index is 2.19. The van der Waals surface area contributed by atoms with E-state index >= 15 is 0 Å². The lowest BCUT2D eigenvalue weighted by Crippen LogP contribution is -2.41. The fraction of sp³-hybridized carbons (Fsp3) is 0.917. The molecule has 1 atom stereocenters. The van der Waals surface area contributed by atoms with Crippen molar-refractivity contribution in [1.29, 1.82) is 0 Å². The van der Waals surface area contributed by atoms with Gasteiger partial charge < -0.3 is 20.5 Å². The van der Waals surface area contributed by atoms with Gasteiger partial charge in [-0.25, -0.2) is 0 Å². The van der Waals surface area contributed by atoms with Crippen LogP contribution in [0.5, 0.6) is 0 Å². The second-order valence-electron chi connectivity index (χ2n) is 4.69. The van der Waals surface area contributed by atoms with Crippen LogP contribution in [0.25, 0.3) is 0 Å². The average Bonchev–Trinajstić information content (AvgIpc) is 2.34. The van der Waals surface area contributed by atoms with Crippen molar-refractivity contribution in [2.24, 2.45) is 5.73 Å². The van der Waals surface area contributed by atoms with Crippen LogP contribution in [0.4, 0.5) is 0 Å². The number of aliphatic hydroxyl groups is 1. The van der Waals surface area contributed by atoms with Gasteiger partial charge >= 0.3 is 0 Å². The van der Waals surface area contributed by atoms with Gasteiger partial charge in [-0.05, 0) is 26.2 Å². The highest BCUT2D eigenvalue weighted by atomic mass is 16.5. The number of aliphatic hydroxyl groups excluding tert-OH is 1. The minimum absolute atomic E-state index is 0.0630. The van der Waals surface area contributed by atoms with E-state index in [1.54, 1.807) is 0 Å². The smallest absolute Gasteiger partial charge is 0.222 e. The molecule has 0 spiro atoms. The van der Waals surface area contributed by atoms with Gasteiger partial charge in [-0.2, -0.15) is 0 Å². The summed E-state index contributed by atoms with van der Waals surface area (Å²) in [6.07, 6.45) is 3.22. The van der Waals surface area contributed by atoms with Gasteiger partial charge in [0.15, 0.2) is 0 Å². The average molecular weight is 244 g/mol. The number of nitrogens with zero attached hydrogens (tertiary/aromatic N) is 1. The largest absolute Gasteiger partial charge is 0.394 e. The van der Waals surface area contributed by atoms with Crippen LogP contribution in [-0.4, -0.2) is 54.4 Å². The molecule has 5 nitrogen and oxygen atoms in total. The van der Waals surface area contributed by atoms with Crippen LogP contribution in [0.3, 0.4) is 0 Å². The molecule has 0 saturated carbocycles. The summed E-state index contributed by atoms with van der Waals surface area (Å²) in [5, 5.41) is 8.66. The molecule has 1 unspecified atom stereocenters. The van der Waals surface area contributed by atoms with E-state index < -0.39 is 0 Å². The lowest BCUT2D eigenvalue weighted by atomic mass is 10.1. The summed E-state index contributed by atoms with van der Waals surface area (Å²) < 4.78 is 5.45. The number of nitrogens with two attached hydrogens (primary N) is 1. The lowest BCUT2D eigenvalue weighted by molar-refractivity contribution is -0.134. The summed E-state index contributed by atoms with van der Waals surface area (Å²) in [6.45, 7) is 3.89. The van der Waals surface area contributed by atoms with Gasteiger partial charge in [0.1, 0.15) is 0 Å². The number of carbonyl (C=O) groups is 1. The number of amides is 1. The van der Waals surface area contributed by atoms with E-state index in [4.69, 9.17) is 15.6 Å². The summed E-state index contributed by atoms with van der Waals surface area (Å²) in [5.41, 5.74) is 5.63. The molecular weight excluding hydrogens is 220 g/mol. The Morgan fingerprint density at radius 3 is 2.71 bits per heavy atom. The summed E-state index contributed by atoms with van der Waals surface area (Å²) in [6, 6.07) is 0.0874. The van der Waals surface area contributed by atoms with E-state index in [1.165, 1.54) is 0 Å². The van der Waals surface area contributed by atoms with Gasteiger partial charge in [0.05, 0.1) is 19.3 Å². The molecule has 1 saturated heterocycles. The number of carbonyl (C=O) groups excluding carboxylic acids is 1. The highest BCUT2D eigenvalue weighted by Gasteiger charge is 2.22. The van der Waals surface area contributed by atoms with E-state index in [1.807, 2.05) is 11.8 Å². The maximum Gasteiger partial charge on any atom is 0.222 e. The predicted molar refractivity (Wildman–Crippen MR) is 65.5 cm³/mol. The van der Waals surface area contributed by atoms with Crippen molar-refractivity contribution >= 4 is 5.91 Å². The third kappa shape index (κ3) is 5.48. The first-order chi connectivity index (χ1) is 8.13. The fourth-order valence-corrected chi connectivity index (χ4v) is 2.00. The molecule has 3 N–H and O–H groups in total. The number of likely N-dealkylation sites (tertiary alicyclic amines) is 1. The van der Waals surface area contributed by atoms with E-state index in [0.29, 0.717) is 13.0 Å². The second kappa shape index (κ2) is 7.63. The molecule has 0 aromatic heterocycles. The molecule has 1 fully saturated rings. The quantitative estimate of drug-likeness (QED) is 0.695. The molecule has 1 aliphatic rings. The molecule has 0 aromatic rings. The van der Waals surface area contributed by atoms with Gasteiger partial charge in [0.25, 0.3) is 0 Å². The van der Waals surface area contributed by atoms with Crippen LogP contribution in [0, 0.1) is 0 Å². The number of hydrogen-bond acceptors (Lipinski definition) is 4. The van der Waals surface area contributed by atoms with Crippen molar-refractivity contribution < 1.29 is 14.6 Å². The molecule has 100 valence electrons. The Labute approximate surface area is 103 Å². The summed E-state index contributed by atoms with van der Waals surface area (Å²) in [5.74, 6) is 0.197. The third-order valence-corrected chi connectivity index (χ3v) is 3.05. The Morgan fingerprint density at radius 2 is 2.18 bits per heavy atom. The minimum Gasteiger partial charge on any atom is -0.394 e. The molecule has 5 heteroatoms. The fourth-order valence-electron chi connectivity index (χ4n) is 2.00. The molecular formula is C12H24N2O3. The van der Waals surface area contributed by atoms with Gasteiger partial charge in [-0.3, -0.25) is 4.79 Å². The Kier molecular flexibility index (Phi) is 6.47. The third-order valence-electron chi connectivity index (χ3n) is 3.05. The van der Waals surface area contributed by atoms with Crippen LogP contribution in [0.1, 0.15) is 32.6 Å². The SMILES string of the molecule is CC(N)CCC(=O)N1CCC(OCCO)CC1. The topological polar surface area (TPSA) is 75.8 Å². The van der Waals surface area contributed by atoms with Crippen LogP contribution in [-0.2, 0) is 9.53 Å². The van der Waals surface area contributed by atoms with Crippen molar-refractivity contribution in [3.63, 3.8) is 0 Å². The zero-order valence-corrected chi connectivity index (χ0v) is 10.6. The highest BCUT2D eigenvalue weighted by molar-refractivity contribution is 5.76. The summed E-state index contributed by atoms with van der Waals surface area (Å²) in [7, 11) is 0. The number of piperidine rings is 1. The minimum atomic E-state index is 0.0630. The zero-order valence-electron chi connectivity index (χ0n) is 10.6. The molecule has 0 aliphatic carbocycles. The molecule has 1 amide bonds. The molecule has 17 heavy (non-hydrogen) atoms. The molecule has 0 bridgehead atoms. The second-order valence-corrected chi connectivity index (χ2v) is 4.69. The standard InChI is InChI=1S/C12H24N2O3/c1-10(13)2-3-12(16)14-6-4-11(5-7-14)17-9-8-15/h10-11,15H,2-9,13H2,1H3. The molecule has 1 heterocycles. The van der Waals surface area contributed by atoms with Crippen molar-refractivity contribution in [1.82, 2.24) is 4.90 Å². The van der Waals surface area contributed by atoms with Gasteiger partial charge in [-0.1, -0.05) is 0 Å². The van der Waals surface area contributed by atoms with Crippen LogP contribution in [0.15, 0.2) is 0 Å². The maximum absolute atomic E-state index is 11.8. The maximum atomic E-state index is 11.8. The summed E-state index contributed by atoms with van der Waals surface area (Å²) >= 11 is 0. The van der Waals surface area contributed by atoms with E-state index in [0.717, 1.165) is 32.4 Å². The normalized spacial score (nSPS) is 19.4. The first-order valence-electron chi connectivity index (χ1n) is 6.39. The van der Waals surface area contributed by atoms with Crippen LogP contribution >= 0.6 is 0 Å². The zero-order chi connectivity index (χ0) is 12.7. The van der Waals surface area contributed by atoms with Gasteiger partial charge in [0, 0.05) is 25.6 Å². The molecule has 1 aliphatic heterocycles. The number of ether oxygens (including phenoxy) is 1. The number of hydrogen-bond donors (Lipinski definition) is 2. The summed E-state index contributed by atoms with van der Waals surface area (Å²) in [4.78, 5) is 13.7. The first-order valence-corrected chi connectivity index (χ1v) is 6.39. The van der Waals surface area contributed by atoms with Crippen LogP contribution in [0.2, 0.25) is 0 Å². The highest BCUT2D eigenvalue weighted by Crippen LogP contribution is 2.15. The van der Waals surface area contributed by atoms with E-state index in [9.17, 15) is 4.79 Å². The van der Waals surface area contributed by atoms with Crippen LogP contribution < -0.4 is 5.73 Å². The Morgan fingerprint density at radius 1 is 1.53 bits per heavy atom. The Hall–Kier alpha value is -0.650. The van der Waals surface area contributed by atoms with Crippen molar-refractivity contribution in [3.05, 3.63) is 0 Å². The van der Waals surface area contributed by atoms with E-state index in [2.05, 4.69) is 0 Å². The molecule has 0 radical (unpaired) electrons.